The van der Waals surface area contributed by atoms with Crippen LogP contribution < -0.4 is 0 Å². The van der Waals surface area contributed by atoms with E-state index in [1.807, 2.05) is 13.8 Å². The Morgan fingerprint density at radius 2 is 0.635 bits per heavy atom. The lowest BCUT2D eigenvalue weighted by Crippen LogP contribution is -2.37. The number of hydrogen-bond acceptors (Lipinski definition) is 0. The molecule has 0 bridgehead atoms. The van der Waals surface area contributed by atoms with Gasteiger partial charge in [-0.15, -0.1) is 0 Å². The Labute approximate surface area is 673 Å². The smallest absolute Gasteiger partial charge is 0.171 e. The molecule has 0 saturated carbocycles. The molecule has 0 spiro atoms. The fourth-order valence-corrected chi connectivity index (χ4v) is 7.83. The molecule has 714 valence electrons. The maximum atomic E-state index is 12.1. The van der Waals surface area contributed by atoms with Crippen LogP contribution in [-0.4, -0.2) is 67.9 Å². The molecule has 0 nitrogen and oxygen atoms in total. The fraction of sp³-hybridized carbons (Fsp3) is 1.00. The highest BCUT2D eigenvalue weighted by Gasteiger charge is 2.57. The molecule has 0 amide bonds. The van der Waals surface area contributed by atoms with Gasteiger partial charge in [-0.2, -0.15) is 145 Å². The molecule has 0 rings (SSSR count). The predicted octanol–water partition coefficient (Wildman–Crippen LogP) is 38.9. The SMILES string of the molecule is CC(C)C(C)(C)C(F)(F)F.CC(C)CC(C(F)(F)F)C(F)(F)F.CCC(C)(C)C.CCC(C)(C)CC(F)(F)F.CCC(C)CC.CCC(CC)CC(F)(F)F.CCCC(C)(C)C(F)(F)F.CCCCC(C(F)(F)F)C(F)(F)F.CCCCC(C)C.CCCCCCC(F)(F)F.CCC[C@H](C)CC(F)(F)F.CC[C@H](C)C(C)C(F)(F)F. The molecule has 0 aliphatic rings. The van der Waals surface area contributed by atoms with Crippen molar-refractivity contribution in [2.45, 2.75) is 450 Å². The zero-order chi connectivity index (χ0) is 95.7. The van der Waals surface area contributed by atoms with Crippen LogP contribution in [0.2, 0.25) is 0 Å². The Hall–Kier alpha value is -2.31. The third-order valence-corrected chi connectivity index (χ3v) is 18.5. The molecule has 0 radical (unpaired) electrons. The predicted molar refractivity (Wildman–Crippen MR) is 407 cm³/mol. The lowest BCUT2D eigenvalue weighted by molar-refractivity contribution is -0.288. The van der Waals surface area contributed by atoms with Crippen LogP contribution in [0.3, 0.4) is 0 Å². The van der Waals surface area contributed by atoms with Crippen molar-refractivity contribution in [2.24, 2.45) is 80.8 Å². The number of rotatable bonds is 27. The summed E-state index contributed by atoms with van der Waals surface area (Å²) in [5, 5.41) is 0. The van der Waals surface area contributed by atoms with Crippen molar-refractivity contribution in [3.63, 3.8) is 0 Å². The minimum Gasteiger partial charge on any atom is -0.171 e. The van der Waals surface area contributed by atoms with Gasteiger partial charge in [0, 0.05) is 25.7 Å². The van der Waals surface area contributed by atoms with E-state index in [4.69, 9.17) is 0 Å². The van der Waals surface area contributed by atoms with Crippen molar-refractivity contribution in [1.29, 1.82) is 0 Å². The first-order valence-electron chi connectivity index (χ1n) is 40.3. The number of unbranched alkanes of at least 4 members (excludes halogenated alkanes) is 5. The van der Waals surface area contributed by atoms with Gasteiger partial charge in [-0.1, -0.05) is 330 Å². The summed E-state index contributed by atoms with van der Waals surface area (Å²) < 4.78 is 390. The molecule has 0 aliphatic carbocycles. The van der Waals surface area contributed by atoms with Crippen molar-refractivity contribution >= 4 is 0 Å². The Balaban J connectivity index is -0.000000101. The standard InChI is InChI=1S/2C7H10F6.7C7H13F3.C7H16.2C6H14/c1-4(2)3-5(6(8,9)10)7(11,12)13;1-2-3-4-5(6(8,9)10)7(11,12)13;1-5(2)6(3,4)7(8,9)10;1-4-6(2,3)5-7(8,9)10;1-4-5-6(2,3)7(8,9)10;1-4-5(2)6(3)7(8,9)10;1-3-4-6(2)5-7(8,9)10;1-3-6(4-2)5-7(8,9)10;1-2-3-4-5-6-7(8,9)10;1-4-5-6-7(2)3;1-5-6(2,3)4;1-4-6(3)5-2/h4-5H,3H2,1-2H3;5H,2-4H2,1H3;5H,1-4H3;2*4-5H2,1-3H3;5-6H,4H2,1-3H3;2*6H,3-5H2,1-2H3;2-6H2,1H3;7H,4-6H2,1-3H3;5H2,1-4H3;6H,4-5H2,1-3H3/t;;;;;5-,6?;6-;;;;;/m.....00...../s1. The van der Waals surface area contributed by atoms with Crippen LogP contribution in [0.15, 0.2) is 0 Å². The second kappa shape index (κ2) is 66.3. The van der Waals surface area contributed by atoms with Gasteiger partial charge < -0.3 is 0 Å². The molecule has 0 aromatic rings. The molecule has 1 unspecified atom stereocenters. The zero-order valence-corrected chi connectivity index (χ0v) is 75.1. The highest BCUT2D eigenvalue weighted by Crippen LogP contribution is 2.46. The summed E-state index contributed by atoms with van der Waals surface area (Å²) in [6.45, 7) is 55.2. The van der Waals surface area contributed by atoms with Crippen LogP contribution in [0.4, 0.5) is 145 Å². The van der Waals surface area contributed by atoms with Gasteiger partial charge in [0.2, 0.25) is 0 Å². The first kappa shape index (κ1) is 139. The minimum atomic E-state index is -5.19. The highest BCUT2D eigenvalue weighted by atomic mass is 19.5. The van der Waals surface area contributed by atoms with Crippen LogP contribution in [-0.2, 0) is 0 Å². The van der Waals surface area contributed by atoms with E-state index < -0.39 is 146 Å². The van der Waals surface area contributed by atoms with E-state index in [1.165, 1.54) is 87.0 Å². The lowest BCUT2D eigenvalue weighted by atomic mass is 9.81. The van der Waals surface area contributed by atoms with Gasteiger partial charge in [-0.25, -0.2) is 0 Å². The van der Waals surface area contributed by atoms with Gasteiger partial charge in [0.15, 0.2) is 11.8 Å². The largest absolute Gasteiger partial charge is 0.400 e. The Kier molecular flexibility index (Phi) is 79.9. The maximum Gasteiger partial charge on any atom is 0.400 e. The molecule has 3 atom stereocenters. The van der Waals surface area contributed by atoms with Gasteiger partial charge in [-0.05, 0) is 77.9 Å². The summed E-state index contributed by atoms with van der Waals surface area (Å²) >= 11 is 0. The molecule has 0 heterocycles. The monoisotopic (exact) mass is 1770 g/mol. The molecule has 0 fully saturated rings. The third-order valence-electron chi connectivity index (χ3n) is 18.5. The van der Waals surface area contributed by atoms with Crippen LogP contribution in [0, 0.1) is 80.8 Å². The molecular weight excluding hydrogens is 1610 g/mol. The van der Waals surface area contributed by atoms with Crippen molar-refractivity contribution in [3.05, 3.63) is 0 Å². The average molecular weight is 1770 g/mol. The van der Waals surface area contributed by atoms with E-state index >= 15 is 0 Å². The maximum absolute atomic E-state index is 12.1. The normalized spacial score (nSPS) is 13.7. The topological polar surface area (TPSA) is 0 Å². The van der Waals surface area contributed by atoms with Crippen LogP contribution in [0.1, 0.15) is 382 Å². The summed E-state index contributed by atoms with van der Waals surface area (Å²) in [4.78, 5) is 0. The summed E-state index contributed by atoms with van der Waals surface area (Å²) in [7, 11) is 0. The van der Waals surface area contributed by atoms with Gasteiger partial charge in [0.1, 0.15) is 0 Å². The van der Waals surface area contributed by atoms with Gasteiger partial charge in [0.25, 0.3) is 0 Å². The quantitative estimate of drug-likeness (QED) is 0.0568. The Bertz CT molecular complexity index is 2030. The van der Waals surface area contributed by atoms with Crippen molar-refractivity contribution < 1.29 is 145 Å². The van der Waals surface area contributed by atoms with Crippen LogP contribution in [0.25, 0.3) is 0 Å². The van der Waals surface area contributed by atoms with Crippen molar-refractivity contribution in [1.82, 2.24) is 0 Å². The van der Waals surface area contributed by atoms with Crippen LogP contribution >= 0.6 is 0 Å². The van der Waals surface area contributed by atoms with Gasteiger partial charge >= 0.3 is 67.9 Å². The molecule has 33 heteroatoms. The number of alkyl halides is 33. The van der Waals surface area contributed by atoms with E-state index in [2.05, 4.69) is 69.2 Å². The number of hydrogen-bond donors (Lipinski definition) is 0. The molecule has 0 aromatic carbocycles. The molecule has 0 aliphatic heterocycles. The first-order valence-corrected chi connectivity index (χ1v) is 40.3. The average Bonchev–Trinajstić information content (AvgIpc) is 0.843. The van der Waals surface area contributed by atoms with Crippen molar-refractivity contribution in [2.75, 3.05) is 0 Å². The second-order valence-electron chi connectivity index (χ2n) is 33.6. The summed E-state index contributed by atoms with van der Waals surface area (Å²) in [6, 6.07) is 0. The van der Waals surface area contributed by atoms with E-state index in [-0.39, 0.29) is 42.9 Å². The van der Waals surface area contributed by atoms with Crippen molar-refractivity contribution in [3.8, 4) is 0 Å². The minimum absolute atomic E-state index is 0.0658. The summed E-state index contributed by atoms with van der Waals surface area (Å²) in [5.74, 6) is -7.35. The summed E-state index contributed by atoms with van der Waals surface area (Å²) in [6.07, 6.45) is -37.3. The molecule has 0 N–H and O–H groups in total. The third kappa shape index (κ3) is 104. The van der Waals surface area contributed by atoms with Gasteiger partial charge in [0.05, 0.1) is 16.7 Å². The highest BCUT2D eigenvalue weighted by molar-refractivity contribution is 4.81. The Morgan fingerprint density at radius 3 is 0.774 bits per heavy atom. The zero-order valence-electron chi connectivity index (χ0n) is 75.1. The molecule has 0 saturated heterocycles. The first-order chi connectivity index (χ1) is 50.6. The van der Waals surface area contributed by atoms with E-state index in [9.17, 15) is 145 Å². The van der Waals surface area contributed by atoms with E-state index in [1.54, 1.807) is 83.1 Å². The lowest BCUT2D eigenvalue weighted by Gasteiger charge is -2.31. The number of halogens is 33. The van der Waals surface area contributed by atoms with Crippen LogP contribution in [0.5, 0.6) is 0 Å². The van der Waals surface area contributed by atoms with E-state index in [0.717, 1.165) is 31.1 Å². The molecule has 0 aromatic heterocycles. The fourth-order valence-electron chi connectivity index (χ4n) is 7.83. The Morgan fingerprint density at radius 1 is 0.278 bits per heavy atom. The van der Waals surface area contributed by atoms with Gasteiger partial charge in [-0.3, -0.25) is 0 Å². The van der Waals surface area contributed by atoms with E-state index in [0.29, 0.717) is 56.8 Å². The molecule has 115 heavy (non-hydrogen) atoms. The summed E-state index contributed by atoms with van der Waals surface area (Å²) in [5.41, 5.74) is -3.13. The second-order valence-corrected chi connectivity index (χ2v) is 33.6. The molecular formula is C82H155F33.